The van der Waals surface area contributed by atoms with Gasteiger partial charge in [-0.05, 0) is 19.1 Å². The van der Waals surface area contributed by atoms with Gasteiger partial charge >= 0.3 is 0 Å². The summed E-state index contributed by atoms with van der Waals surface area (Å²) in [5.74, 6) is 0.274. The Morgan fingerprint density at radius 3 is 2.90 bits per heavy atom. The van der Waals surface area contributed by atoms with E-state index in [2.05, 4.69) is 34.7 Å². The summed E-state index contributed by atoms with van der Waals surface area (Å²) in [4.78, 5) is 16.8. The highest BCUT2D eigenvalue weighted by molar-refractivity contribution is 5.77. The average molecular weight is 277 g/mol. The number of aromatic nitrogens is 1. The SMILES string of the molecule is CC1c2cccn2CCN1C(=O)CCN1CCOCC1. The molecule has 1 unspecified atom stereocenters. The number of morpholine rings is 1. The lowest BCUT2D eigenvalue weighted by molar-refractivity contribution is -0.135. The molecule has 3 rings (SSSR count). The van der Waals surface area contributed by atoms with Crippen molar-refractivity contribution in [2.75, 3.05) is 39.4 Å². The Morgan fingerprint density at radius 2 is 2.10 bits per heavy atom. The Balaban J connectivity index is 1.55. The van der Waals surface area contributed by atoms with Crippen LogP contribution in [0.15, 0.2) is 18.3 Å². The number of rotatable bonds is 3. The van der Waals surface area contributed by atoms with Crippen molar-refractivity contribution in [1.82, 2.24) is 14.4 Å². The van der Waals surface area contributed by atoms with E-state index in [1.165, 1.54) is 5.69 Å². The van der Waals surface area contributed by atoms with Crippen LogP contribution in [0.2, 0.25) is 0 Å². The van der Waals surface area contributed by atoms with E-state index in [9.17, 15) is 4.79 Å². The molecule has 20 heavy (non-hydrogen) atoms. The van der Waals surface area contributed by atoms with Crippen molar-refractivity contribution in [2.24, 2.45) is 0 Å². The first-order chi connectivity index (χ1) is 9.75. The van der Waals surface area contributed by atoms with Crippen LogP contribution in [0.5, 0.6) is 0 Å². The third-order valence-corrected chi connectivity index (χ3v) is 4.41. The van der Waals surface area contributed by atoms with Gasteiger partial charge in [-0.15, -0.1) is 0 Å². The number of ether oxygens (including phenoxy) is 1. The quantitative estimate of drug-likeness (QED) is 0.831. The van der Waals surface area contributed by atoms with Crippen LogP contribution in [0.4, 0.5) is 0 Å². The van der Waals surface area contributed by atoms with Crippen LogP contribution in [0.3, 0.4) is 0 Å². The number of hydrogen-bond acceptors (Lipinski definition) is 3. The number of amides is 1. The van der Waals surface area contributed by atoms with E-state index in [0.717, 1.165) is 45.9 Å². The minimum absolute atomic E-state index is 0.191. The molecular weight excluding hydrogens is 254 g/mol. The van der Waals surface area contributed by atoms with Gasteiger partial charge < -0.3 is 14.2 Å². The fourth-order valence-electron chi connectivity index (χ4n) is 3.14. The Kier molecular flexibility index (Phi) is 4.08. The fourth-order valence-corrected chi connectivity index (χ4v) is 3.14. The first-order valence-electron chi connectivity index (χ1n) is 7.50. The molecule has 0 aliphatic carbocycles. The maximum absolute atomic E-state index is 12.4. The molecule has 1 amide bonds. The molecule has 1 fully saturated rings. The first kappa shape index (κ1) is 13.6. The molecule has 1 aromatic heterocycles. The Hall–Kier alpha value is -1.33. The Bertz CT molecular complexity index is 465. The van der Waals surface area contributed by atoms with Gasteiger partial charge in [0.15, 0.2) is 0 Å². The second-order valence-electron chi connectivity index (χ2n) is 5.59. The van der Waals surface area contributed by atoms with Gasteiger partial charge in [-0.25, -0.2) is 0 Å². The average Bonchev–Trinajstić information content (AvgIpc) is 2.96. The van der Waals surface area contributed by atoms with Crippen molar-refractivity contribution < 1.29 is 9.53 Å². The topological polar surface area (TPSA) is 37.7 Å². The largest absolute Gasteiger partial charge is 0.379 e. The third-order valence-electron chi connectivity index (χ3n) is 4.41. The second kappa shape index (κ2) is 5.97. The minimum Gasteiger partial charge on any atom is -0.379 e. The molecule has 0 radical (unpaired) electrons. The van der Waals surface area contributed by atoms with E-state index in [-0.39, 0.29) is 11.9 Å². The van der Waals surface area contributed by atoms with E-state index < -0.39 is 0 Å². The normalized spacial score (nSPS) is 23.6. The maximum Gasteiger partial charge on any atom is 0.224 e. The van der Waals surface area contributed by atoms with E-state index in [1.807, 2.05) is 4.90 Å². The second-order valence-corrected chi connectivity index (χ2v) is 5.59. The van der Waals surface area contributed by atoms with Crippen LogP contribution in [-0.4, -0.2) is 59.7 Å². The van der Waals surface area contributed by atoms with Crippen molar-refractivity contribution in [3.63, 3.8) is 0 Å². The highest BCUT2D eigenvalue weighted by Gasteiger charge is 2.27. The lowest BCUT2D eigenvalue weighted by atomic mass is 10.1. The Morgan fingerprint density at radius 1 is 1.30 bits per heavy atom. The molecule has 1 saturated heterocycles. The monoisotopic (exact) mass is 277 g/mol. The van der Waals surface area contributed by atoms with Crippen LogP contribution in [0, 0.1) is 0 Å². The van der Waals surface area contributed by atoms with E-state index >= 15 is 0 Å². The van der Waals surface area contributed by atoms with Crippen molar-refractivity contribution in [3.05, 3.63) is 24.0 Å². The first-order valence-corrected chi connectivity index (χ1v) is 7.50. The molecule has 110 valence electrons. The van der Waals surface area contributed by atoms with Crippen molar-refractivity contribution in [3.8, 4) is 0 Å². The highest BCUT2D eigenvalue weighted by Crippen LogP contribution is 2.25. The molecular formula is C15H23N3O2. The smallest absolute Gasteiger partial charge is 0.224 e. The van der Waals surface area contributed by atoms with Gasteiger partial charge in [0.1, 0.15) is 0 Å². The van der Waals surface area contributed by atoms with E-state index in [1.54, 1.807) is 0 Å². The summed E-state index contributed by atoms with van der Waals surface area (Å²) in [6.45, 7) is 8.20. The fraction of sp³-hybridized carbons (Fsp3) is 0.667. The summed E-state index contributed by atoms with van der Waals surface area (Å²) in [6, 6.07) is 4.37. The van der Waals surface area contributed by atoms with Crippen molar-refractivity contribution >= 4 is 5.91 Å². The molecule has 1 aromatic rings. The van der Waals surface area contributed by atoms with Gasteiger partial charge in [0, 0.05) is 51.0 Å². The summed E-state index contributed by atoms with van der Waals surface area (Å²) in [6.07, 6.45) is 2.71. The van der Waals surface area contributed by atoms with Gasteiger partial charge in [-0.2, -0.15) is 0 Å². The lowest BCUT2D eigenvalue weighted by Crippen LogP contribution is -2.43. The molecule has 2 aliphatic rings. The summed E-state index contributed by atoms with van der Waals surface area (Å²) in [7, 11) is 0. The van der Waals surface area contributed by atoms with Crippen molar-refractivity contribution in [2.45, 2.75) is 25.9 Å². The standard InChI is InChI=1S/C15H23N3O2/c1-13-14-3-2-5-17(14)7-8-18(13)15(19)4-6-16-9-11-20-12-10-16/h2-3,5,13H,4,6-12H2,1H3. The van der Waals surface area contributed by atoms with Crippen LogP contribution in [0.25, 0.3) is 0 Å². The van der Waals surface area contributed by atoms with Crippen LogP contribution in [0.1, 0.15) is 25.1 Å². The number of carbonyl (C=O) groups excluding carboxylic acids is 1. The number of hydrogen-bond donors (Lipinski definition) is 0. The molecule has 0 N–H and O–H groups in total. The molecule has 0 aromatic carbocycles. The predicted octanol–water partition coefficient (Wildman–Crippen LogP) is 1.11. The van der Waals surface area contributed by atoms with E-state index in [4.69, 9.17) is 4.74 Å². The number of carbonyl (C=O) groups is 1. The highest BCUT2D eigenvalue weighted by atomic mass is 16.5. The van der Waals surface area contributed by atoms with Gasteiger partial charge in [0.2, 0.25) is 5.91 Å². The molecule has 2 aliphatic heterocycles. The van der Waals surface area contributed by atoms with Crippen LogP contribution in [-0.2, 0) is 16.1 Å². The predicted molar refractivity (Wildman–Crippen MR) is 76.4 cm³/mol. The molecule has 5 nitrogen and oxygen atoms in total. The maximum atomic E-state index is 12.4. The Labute approximate surface area is 120 Å². The van der Waals surface area contributed by atoms with Gasteiger partial charge in [-0.3, -0.25) is 9.69 Å². The van der Waals surface area contributed by atoms with E-state index in [0.29, 0.717) is 6.42 Å². The zero-order chi connectivity index (χ0) is 13.9. The van der Waals surface area contributed by atoms with Crippen LogP contribution < -0.4 is 0 Å². The zero-order valence-electron chi connectivity index (χ0n) is 12.1. The zero-order valence-corrected chi connectivity index (χ0v) is 12.1. The molecule has 3 heterocycles. The van der Waals surface area contributed by atoms with Gasteiger partial charge in [0.05, 0.1) is 19.3 Å². The summed E-state index contributed by atoms with van der Waals surface area (Å²) >= 11 is 0. The summed E-state index contributed by atoms with van der Waals surface area (Å²) < 4.78 is 7.58. The third kappa shape index (κ3) is 2.74. The van der Waals surface area contributed by atoms with Crippen LogP contribution >= 0.6 is 0 Å². The minimum atomic E-state index is 0.191. The molecule has 1 atom stereocenters. The molecule has 0 bridgehead atoms. The molecule has 0 saturated carbocycles. The summed E-state index contributed by atoms with van der Waals surface area (Å²) in [5.41, 5.74) is 1.25. The lowest BCUT2D eigenvalue weighted by Gasteiger charge is -2.35. The number of nitrogens with zero attached hydrogens (tertiary/aromatic N) is 3. The number of fused-ring (bicyclic) bond motifs is 1. The summed E-state index contributed by atoms with van der Waals surface area (Å²) in [5, 5.41) is 0. The van der Waals surface area contributed by atoms with Gasteiger partial charge in [0.25, 0.3) is 0 Å². The molecule has 0 spiro atoms. The molecule has 5 heteroatoms. The van der Waals surface area contributed by atoms with Gasteiger partial charge in [-0.1, -0.05) is 0 Å². The van der Waals surface area contributed by atoms with Crippen molar-refractivity contribution in [1.29, 1.82) is 0 Å².